The van der Waals surface area contributed by atoms with Crippen LogP contribution in [0.1, 0.15) is 6.42 Å². The van der Waals surface area contributed by atoms with E-state index in [1.165, 1.54) is 0 Å². The molecule has 1 fully saturated rings. The van der Waals surface area contributed by atoms with Crippen molar-refractivity contribution in [2.24, 2.45) is 0 Å². The molecule has 0 N–H and O–H groups in total. The van der Waals surface area contributed by atoms with Crippen molar-refractivity contribution in [3.63, 3.8) is 0 Å². The SMILES string of the molecule is C[Si](C)(C)CCOCO[C@H]1CSCC[C@H]1OS(C)(=O)=O. The van der Waals surface area contributed by atoms with E-state index in [2.05, 4.69) is 19.6 Å². The van der Waals surface area contributed by atoms with E-state index in [1.807, 2.05) is 0 Å². The minimum atomic E-state index is -3.44. The minimum absolute atomic E-state index is 0.208. The van der Waals surface area contributed by atoms with Crippen molar-refractivity contribution in [2.75, 3.05) is 31.2 Å². The molecule has 0 amide bonds. The van der Waals surface area contributed by atoms with Crippen molar-refractivity contribution in [3.8, 4) is 0 Å². The van der Waals surface area contributed by atoms with Gasteiger partial charge in [-0.2, -0.15) is 20.2 Å². The van der Waals surface area contributed by atoms with Crippen LogP contribution in [0.4, 0.5) is 0 Å². The lowest BCUT2D eigenvalue weighted by Crippen LogP contribution is -2.39. The molecule has 0 bridgehead atoms. The van der Waals surface area contributed by atoms with Crippen molar-refractivity contribution in [1.29, 1.82) is 0 Å². The molecular formula is C12H26O5S2Si. The van der Waals surface area contributed by atoms with E-state index < -0.39 is 18.2 Å². The van der Waals surface area contributed by atoms with Crippen LogP contribution < -0.4 is 0 Å². The van der Waals surface area contributed by atoms with Crippen molar-refractivity contribution in [3.05, 3.63) is 0 Å². The molecule has 5 nitrogen and oxygen atoms in total. The quantitative estimate of drug-likeness (QED) is 0.292. The molecule has 0 aliphatic carbocycles. The Balaban J connectivity index is 2.29. The van der Waals surface area contributed by atoms with E-state index in [-0.39, 0.29) is 19.0 Å². The number of thioether (sulfide) groups is 1. The highest BCUT2D eigenvalue weighted by molar-refractivity contribution is 7.99. The lowest BCUT2D eigenvalue weighted by Gasteiger charge is -2.30. The predicted molar refractivity (Wildman–Crippen MR) is 85.5 cm³/mol. The predicted octanol–water partition coefficient (Wildman–Crippen LogP) is 2.17. The van der Waals surface area contributed by atoms with Crippen LogP contribution in [0, 0.1) is 0 Å². The molecule has 1 aliphatic rings. The molecule has 8 heteroatoms. The zero-order valence-electron chi connectivity index (χ0n) is 12.8. The van der Waals surface area contributed by atoms with Gasteiger partial charge in [-0.1, -0.05) is 19.6 Å². The molecule has 0 aromatic rings. The first-order valence-electron chi connectivity index (χ1n) is 6.83. The molecule has 2 atom stereocenters. The van der Waals surface area contributed by atoms with Gasteiger partial charge in [0.15, 0.2) is 0 Å². The van der Waals surface area contributed by atoms with Crippen LogP contribution in [-0.4, -0.2) is 59.9 Å². The topological polar surface area (TPSA) is 61.8 Å². The van der Waals surface area contributed by atoms with Crippen LogP contribution in [0.5, 0.6) is 0 Å². The minimum Gasteiger partial charge on any atom is -0.356 e. The van der Waals surface area contributed by atoms with Gasteiger partial charge >= 0.3 is 0 Å². The Morgan fingerprint density at radius 1 is 1.25 bits per heavy atom. The maximum absolute atomic E-state index is 11.2. The van der Waals surface area contributed by atoms with Gasteiger partial charge in [0.25, 0.3) is 10.1 Å². The number of rotatable bonds is 8. The lowest BCUT2D eigenvalue weighted by atomic mass is 10.2. The van der Waals surface area contributed by atoms with Crippen LogP contribution in [0.25, 0.3) is 0 Å². The van der Waals surface area contributed by atoms with E-state index in [0.29, 0.717) is 13.0 Å². The second-order valence-electron chi connectivity index (χ2n) is 6.24. The summed E-state index contributed by atoms with van der Waals surface area (Å²) in [4.78, 5) is 0. The first-order chi connectivity index (χ1) is 9.17. The van der Waals surface area contributed by atoms with Crippen LogP contribution >= 0.6 is 11.8 Å². The first kappa shape index (κ1) is 18.4. The number of hydrogen-bond acceptors (Lipinski definition) is 6. The van der Waals surface area contributed by atoms with Gasteiger partial charge in [-0.05, 0) is 18.2 Å². The van der Waals surface area contributed by atoms with Crippen LogP contribution in [0.2, 0.25) is 25.7 Å². The molecule has 1 aliphatic heterocycles. The largest absolute Gasteiger partial charge is 0.356 e. The molecule has 120 valence electrons. The Morgan fingerprint density at radius 3 is 2.55 bits per heavy atom. The third-order valence-corrected chi connectivity index (χ3v) is 6.29. The van der Waals surface area contributed by atoms with Gasteiger partial charge < -0.3 is 9.47 Å². The Morgan fingerprint density at radius 2 is 1.95 bits per heavy atom. The normalized spacial score (nSPS) is 24.8. The van der Waals surface area contributed by atoms with E-state index in [0.717, 1.165) is 23.8 Å². The zero-order chi connectivity index (χ0) is 15.2. The maximum atomic E-state index is 11.2. The standard InChI is InChI=1S/C12H26O5S2Si/c1-19(13,14)17-11-5-7-18-9-12(11)16-10-15-6-8-20(2,3)4/h11-12H,5-10H2,1-4H3/t11-,12+/m1/s1. The fraction of sp³-hybridized carbons (Fsp3) is 1.00. The summed E-state index contributed by atoms with van der Waals surface area (Å²) in [5.41, 5.74) is 0. The third-order valence-electron chi connectivity index (χ3n) is 2.90. The summed E-state index contributed by atoms with van der Waals surface area (Å²) < 4.78 is 38.7. The van der Waals surface area contributed by atoms with E-state index in [9.17, 15) is 8.42 Å². The molecule has 0 spiro atoms. The molecule has 1 heterocycles. The molecule has 0 radical (unpaired) electrons. The Hall–Kier alpha value is 0.397. The molecule has 1 rings (SSSR count). The van der Waals surface area contributed by atoms with Gasteiger partial charge in [0.2, 0.25) is 0 Å². The van der Waals surface area contributed by atoms with Gasteiger partial charge in [0.05, 0.1) is 12.4 Å². The molecule has 0 unspecified atom stereocenters. The van der Waals surface area contributed by atoms with Gasteiger partial charge in [-0.3, -0.25) is 4.18 Å². The Labute approximate surface area is 127 Å². The van der Waals surface area contributed by atoms with Crippen LogP contribution in [0.15, 0.2) is 0 Å². The Bertz CT molecular complexity index is 380. The Kier molecular flexibility index (Phi) is 7.51. The average Bonchev–Trinajstić information content (AvgIpc) is 2.27. The van der Waals surface area contributed by atoms with E-state index in [1.54, 1.807) is 11.8 Å². The van der Waals surface area contributed by atoms with Crippen molar-refractivity contribution >= 4 is 30.0 Å². The summed E-state index contributed by atoms with van der Waals surface area (Å²) in [6.45, 7) is 7.80. The van der Waals surface area contributed by atoms with Gasteiger partial charge in [0, 0.05) is 20.4 Å². The van der Waals surface area contributed by atoms with Crippen molar-refractivity contribution in [1.82, 2.24) is 0 Å². The number of ether oxygens (including phenoxy) is 2. The molecule has 1 saturated heterocycles. The van der Waals surface area contributed by atoms with Crippen LogP contribution in [0.3, 0.4) is 0 Å². The highest BCUT2D eigenvalue weighted by atomic mass is 32.2. The van der Waals surface area contributed by atoms with Gasteiger partial charge in [0.1, 0.15) is 12.9 Å². The summed E-state index contributed by atoms with van der Waals surface area (Å²) in [7, 11) is -4.52. The zero-order valence-corrected chi connectivity index (χ0v) is 15.4. The van der Waals surface area contributed by atoms with Crippen molar-refractivity contribution in [2.45, 2.75) is 44.3 Å². The summed E-state index contributed by atoms with van der Waals surface area (Å²) in [5.74, 6) is 1.65. The fourth-order valence-electron chi connectivity index (χ4n) is 1.76. The van der Waals surface area contributed by atoms with E-state index in [4.69, 9.17) is 13.7 Å². The summed E-state index contributed by atoms with van der Waals surface area (Å²) >= 11 is 1.75. The van der Waals surface area contributed by atoms with Gasteiger partial charge in [-0.25, -0.2) is 0 Å². The van der Waals surface area contributed by atoms with Crippen molar-refractivity contribution < 1.29 is 22.1 Å². The average molecular weight is 343 g/mol. The molecule has 20 heavy (non-hydrogen) atoms. The summed E-state index contributed by atoms with van der Waals surface area (Å²) in [6, 6.07) is 1.10. The third kappa shape index (κ3) is 8.63. The smallest absolute Gasteiger partial charge is 0.264 e. The summed E-state index contributed by atoms with van der Waals surface area (Å²) in [6.07, 6.45) is 1.18. The highest BCUT2D eigenvalue weighted by Gasteiger charge is 2.30. The first-order valence-corrected chi connectivity index (χ1v) is 13.5. The number of hydrogen-bond donors (Lipinski definition) is 0. The second-order valence-corrected chi connectivity index (χ2v) is 14.6. The maximum Gasteiger partial charge on any atom is 0.264 e. The van der Waals surface area contributed by atoms with E-state index >= 15 is 0 Å². The molecular weight excluding hydrogens is 316 g/mol. The lowest BCUT2D eigenvalue weighted by molar-refractivity contribution is -0.108. The fourth-order valence-corrected chi connectivity index (χ4v) is 4.29. The summed E-state index contributed by atoms with van der Waals surface area (Å²) in [5, 5.41) is 0. The van der Waals surface area contributed by atoms with Crippen LogP contribution in [-0.2, 0) is 23.8 Å². The second kappa shape index (κ2) is 8.14. The molecule has 0 aromatic heterocycles. The van der Waals surface area contributed by atoms with Gasteiger partial charge in [-0.15, -0.1) is 0 Å². The molecule has 0 saturated carbocycles. The molecule has 0 aromatic carbocycles. The monoisotopic (exact) mass is 342 g/mol. The highest BCUT2D eigenvalue weighted by Crippen LogP contribution is 2.24.